The molecule has 0 heterocycles. The zero-order valence-corrected chi connectivity index (χ0v) is 11.7. The summed E-state index contributed by atoms with van der Waals surface area (Å²) in [4.78, 5) is 0. The van der Waals surface area contributed by atoms with Gasteiger partial charge in [0, 0.05) is 5.69 Å². The monoisotopic (exact) mass is 306 g/mol. The minimum atomic E-state index is -4.37. The van der Waals surface area contributed by atoms with E-state index in [9.17, 15) is 18.4 Å². The van der Waals surface area contributed by atoms with Crippen molar-refractivity contribution in [1.82, 2.24) is 0 Å². The first-order chi connectivity index (χ1) is 10.4. The minimum Gasteiger partial charge on any atom is -0.497 e. The van der Waals surface area contributed by atoms with E-state index in [1.165, 1.54) is 19.2 Å². The molecule has 0 amide bonds. The SMILES string of the molecule is COc1ccc(C(C#N)Nc2ccc(C(F)(F)F)cc2)cc1. The third kappa shape index (κ3) is 3.70. The van der Waals surface area contributed by atoms with Crippen LogP contribution in [-0.4, -0.2) is 7.11 Å². The zero-order valence-electron chi connectivity index (χ0n) is 11.7. The maximum atomic E-state index is 12.5. The molecule has 0 aromatic heterocycles. The summed E-state index contributed by atoms with van der Waals surface area (Å²) in [6.45, 7) is 0. The first-order valence-electron chi connectivity index (χ1n) is 6.41. The van der Waals surface area contributed by atoms with Crippen LogP contribution in [0.3, 0.4) is 0 Å². The van der Waals surface area contributed by atoms with E-state index < -0.39 is 17.8 Å². The summed E-state index contributed by atoms with van der Waals surface area (Å²) in [6.07, 6.45) is -4.37. The number of nitrogens with one attached hydrogen (secondary N) is 1. The third-order valence-electron chi connectivity index (χ3n) is 3.10. The Bertz CT molecular complexity index is 658. The molecule has 1 unspecified atom stereocenters. The molecule has 0 saturated carbocycles. The Balaban J connectivity index is 2.14. The fourth-order valence-corrected chi connectivity index (χ4v) is 1.91. The van der Waals surface area contributed by atoms with Gasteiger partial charge in [-0.2, -0.15) is 18.4 Å². The predicted octanol–water partition coefficient (Wildman–Crippen LogP) is 4.39. The fourth-order valence-electron chi connectivity index (χ4n) is 1.91. The normalized spacial score (nSPS) is 12.3. The summed E-state index contributed by atoms with van der Waals surface area (Å²) in [5.41, 5.74) is 0.412. The number of alkyl halides is 3. The van der Waals surface area contributed by atoms with Crippen molar-refractivity contribution >= 4 is 5.69 Å². The van der Waals surface area contributed by atoms with Crippen LogP contribution in [0, 0.1) is 11.3 Å². The number of nitrogens with zero attached hydrogens (tertiary/aromatic N) is 1. The van der Waals surface area contributed by atoms with Crippen molar-refractivity contribution < 1.29 is 17.9 Å². The van der Waals surface area contributed by atoms with E-state index >= 15 is 0 Å². The van der Waals surface area contributed by atoms with Gasteiger partial charge in [0.1, 0.15) is 11.8 Å². The maximum Gasteiger partial charge on any atom is 0.416 e. The lowest BCUT2D eigenvalue weighted by Gasteiger charge is -2.14. The molecule has 0 saturated heterocycles. The molecule has 114 valence electrons. The van der Waals surface area contributed by atoms with Crippen LogP contribution in [-0.2, 0) is 6.18 Å². The largest absolute Gasteiger partial charge is 0.497 e. The number of anilines is 1. The second-order valence-electron chi connectivity index (χ2n) is 4.55. The minimum absolute atomic E-state index is 0.440. The van der Waals surface area contributed by atoms with Crippen molar-refractivity contribution in [2.24, 2.45) is 0 Å². The Morgan fingerprint density at radius 3 is 2.09 bits per heavy atom. The third-order valence-corrected chi connectivity index (χ3v) is 3.10. The van der Waals surface area contributed by atoms with Gasteiger partial charge in [-0.05, 0) is 42.0 Å². The summed E-state index contributed by atoms with van der Waals surface area (Å²) >= 11 is 0. The van der Waals surface area contributed by atoms with Gasteiger partial charge in [0.2, 0.25) is 0 Å². The maximum absolute atomic E-state index is 12.5. The average molecular weight is 306 g/mol. The van der Waals surface area contributed by atoms with Gasteiger partial charge in [-0.25, -0.2) is 0 Å². The number of hydrogen-bond acceptors (Lipinski definition) is 3. The van der Waals surface area contributed by atoms with Gasteiger partial charge in [0.05, 0.1) is 18.7 Å². The number of hydrogen-bond donors (Lipinski definition) is 1. The first kappa shape index (κ1) is 15.7. The summed E-state index contributed by atoms with van der Waals surface area (Å²) in [5.74, 6) is 0.662. The summed E-state index contributed by atoms with van der Waals surface area (Å²) in [5, 5.41) is 12.1. The van der Waals surface area contributed by atoms with Crippen LogP contribution in [0.5, 0.6) is 5.75 Å². The second-order valence-corrected chi connectivity index (χ2v) is 4.55. The highest BCUT2D eigenvalue weighted by atomic mass is 19.4. The summed E-state index contributed by atoms with van der Waals surface area (Å²) < 4.78 is 42.5. The molecule has 2 aromatic rings. The molecule has 6 heteroatoms. The fraction of sp³-hybridized carbons (Fsp3) is 0.188. The number of nitriles is 1. The lowest BCUT2D eigenvalue weighted by atomic mass is 10.1. The Morgan fingerprint density at radius 2 is 1.64 bits per heavy atom. The van der Waals surface area contributed by atoms with Gasteiger partial charge < -0.3 is 10.1 Å². The Hall–Kier alpha value is -2.68. The van der Waals surface area contributed by atoms with Crippen LogP contribution in [0.25, 0.3) is 0 Å². The molecule has 0 aliphatic carbocycles. The van der Waals surface area contributed by atoms with Crippen LogP contribution in [0.15, 0.2) is 48.5 Å². The lowest BCUT2D eigenvalue weighted by molar-refractivity contribution is -0.137. The smallest absolute Gasteiger partial charge is 0.416 e. The molecule has 0 fully saturated rings. The highest BCUT2D eigenvalue weighted by Gasteiger charge is 2.30. The van der Waals surface area contributed by atoms with Crippen LogP contribution in [0.1, 0.15) is 17.2 Å². The molecule has 0 aliphatic heterocycles. The number of benzene rings is 2. The second kappa shape index (κ2) is 6.39. The van der Waals surface area contributed by atoms with Gasteiger partial charge in [-0.1, -0.05) is 12.1 Å². The number of halogens is 3. The van der Waals surface area contributed by atoms with Gasteiger partial charge in [0.25, 0.3) is 0 Å². The van der Waals surface area contributed by atoms with Crippen molar-refractivity contribution in [1.29, 1.82) is 5.26 Å². The van der Waals surface area contributed by atoms with E-state index in [1.54, 1.807) is 24.3 Å². The van der Waals surface area contributed by atoms with Crippen LogP contribution >= 0.6 is 0 Å². The lowest BCUT2D eigenvalue weighted by Crippen LogP contribution is -2.09. The zero-order chi connectivity index (χ0) is 16.2. The van der Waals surface area contributed by atoms with Crippen molar-refractivity contribution in [2.75, 3.05) is 12.4 Å². The van der Waals surface area contributed by atoms with Crippen LogP contribution in [0.2, 0.25) is 0 Å². The van der Waals surface area contributed by atoms with Crippen LogP contribution < -0.4 is 10.1 Å². The average Bonchev–Trinajstić information content (AvgIpc) is 2.52. The van der Waals surface area contributed by atoms with Crippen LogP contribution in [0.4, 0.5) is 18.9 Å². The van der Waals surface area contributed by atoms with E-state index in [0.29, 0.717) is 17.0 Å². The number of ether oxygens (including phenoxy) is 1. The Morgan fingerprint density at radius 1 is 1.05 bits per heavy atom. The van der Waals surface area contributed by atoms with Crippen molar-refractivity contribution in [2.45, 2.75) is 12.2 Å². The molecule has 3 nitrogen and oxygen atoms in total. The summed E-state index contributed by atoms with van der Waals surface area (Å²) in [6, 6.07) is 12.9. The predicted molar refractivity (Wildman–Crippen MR) is 76.4 cm³/mol. The Labute approximate surface area is 126 Å². The molecule has 1 N–H and O–H groups in total. The molecule has 2 aromatic carbocycles. The van der Waals surface area contributed by atoms with Crippen molar-refractivity contribution in [3.8, 4) is 11.8 Å². The molecular formula is C16H13F3N2O. The number of rotatable bonds is 4. The molecule has 22 heavy (non-hydrogen) atoms. The van der Waals surface area contributed by atoms with E-state index in [1.807, 2.05) is 0 Å². The van der Waals surface area contributed by atoms with E-state index in [4.69, 9.17) is 4.74 Å². The van der Waals surface area contributed by atoms with Gasteiger partial charge >= 0.3 is 6.18 Å². The van der Waals surface area contributed by atoms with E-state index in [0.717, 1.165) is 12.1 Å². The molecule has 1 atom stereocenters. The first-order valence-corrected chi connectivity index (χ1v) is 6.41. The summed E-state index contributed by atoms with van der Waals surface area (Å²) in [7, 11) is 1.54. The van der Waals surface area contributed by atoms with Gasteiger partial charge in [-0.15, -0.1) is 0 Å². The molecule has 2 rings (SSSR count). The highest BCUT2D eigenvalue weighted by molar-refractivity contribution is 5.49. The molecule has 0 radical (unpaired) electrons. The highest BCUT2D eigenvalue weighted by Crippen LogP contribution is 2.30. The quantitative estimate of drug-likeness (QED) is 0.911. The van der Waals surface area contributed by atoms with Gasteiger partial charge in [-0.3, -0.25) is 0 Å². The van der Waals surface area contributed by atoms with Crippen molar-refractivity contribution in [3.05, 3.63) is 59.7 Å². The molecule has 0 aliphatic rings. The Kier molecular flexibility index (Phi) is 4.56. The molecule has 0 bridgehead atoms. The van der Waals surface area contributed by atoms with Gasteiger partial charge in [0.15, 0.2) is 0 Å². The van der Waals surface area contributed by atoms with E-state index in [-0.39, 0.29) is 0 Å². The molecular weight excluding hydrogens is 293 g/mol. The molecule has 0 spiro atoms. The van der Waals surface area contributed by atoms with Crippen molar-refractivity contribution in [3.63, 3.8) is 0 Å². The van der Waals surface area contributed by atoms with E-state index in [2.05, 4.69) is 11.4 Å². The number of methoxy groups -OCH3 is 1. The topological polar surface area (TPSA) is 45.0 Å². The standard InChI is InChI=1S/C16H13F3N2O/c1-22-14-8-2-11(3-9-14)15(10-20)21-13-6-4-12(5-7-13)16(17,18)19/h2-9,15,21H,1H3.